The molecule has 1 fully saturated rings. The largest absolute Gasteiger partial charge is 0.496 e. The lowest BCUT2D eigenvalue weighted by Crippen LogP contribution is -2.42. The van der Waals surface area contributed by atoms with Gasteiger partial charge in [0, 0.05) is 18.0 Å². The van der Waals surface area contributed by atoms with Crippen LogP contribution in [-0.2, 0) is 14.9 Å². The van der Waals surface area contributed by atoms with Crippen LogP contribution in [0, 0.1) is 0 Å². The van der Waals surface area contributed by atoms with Crippen LogP contribution >= 0.6 is 0 Å². The van der Waals surface area contributed by atoms with Gasteiger partial charge in [-0.15, -0.1) is 0 Å². The lowest BCUT2D eigenvalue weighted by Gasteiger charge is -2.39. The van der Waals surface area contributed by atoms with Crippen molar-refractivity contribution in [1.82, 2.24) is 5.32 Å². The van der Waals surface area contributed by atoms with Crippen LogP contribution in [0.25, 0.3) is 0 Å². The van der Waals surface area contributed by atoms with Crippen LogP contribution in [0.15, 0.2) is 66.2 Å². The molecule has 0 spiro atoms. The van der Waals surface area contributed by atoms with E-state index in [1.54, 1.807) is 25.3 Å². The lowest BCUT2D eigenvalue weighted by molar-refractivity contribution is -0.134. The number of carbonyl (C=O) groups excluding carboxylic acids is 2. The van der Waals surface area contributed by atoms with Crippen molar-refractivity contribution in [1.29, 1.82) is 0 Å². The highest BCUT2D eigenvalue weighted by Crippen LogP contribution is 2.41. The Morgan fingerprint density at radius 2 is 1.66 bits per heavy atom. The van der Waals surface area contributed by atoms with Crippen molar-refractivity contribution in [3.63, 3.8) is 0 Å². The normalized spacial score (nSPS) is 18.6. The van der Waals surface area contributed by atoms with Gasteiger partial charge in [-0.05, 0) is 43.4 Å². The molecule has 3 rings (SSSR count). The molecule has 0 atom stereocenters. The molecule has 2 aromatic carbocycles. The maximum Gasteiger partial charge on any atom is 0.330 e. The van der Waals surface area contributed by atoms with Gasteiger partial charge in [0.1, 0.15) is 5.75 Å². The minimum Gasteiger partial charge on any atom is -0.496 e. The summed E-state index contributed by atoms with van der Waals surface area (Å²) in [7, 11) is 2.96. The van der Waals surface area contributed by atoms with Crippen LogP contribution in [0.2, 0.25) is 0 Å². The third kappa shape index (κ3) is 4.86. The number of methoxy groups -OCH3 is 2. The van der Waals surface area contributed by atoms with E-state index in [-0.39, 0.29) is 17.3 Å². The first-order chi connectivity index (χ1) is 14.1. The number of benzene rings is 2. The number of allylic oxidation sites excluding steroid dienone is 1. The summed E-state index contributed by atoms with van der Waals surface area (Å²) in [6, 6.07) is 17.5. The molecule has 1 saturated carbocycles. The van der Waals surface area contributed by atoms with E-state index in [1.165, 1.54) is 12.7 Å². The maximum atomic E-state index is 12.8. The minimum absolute atomic E-state index is 0.145. The van der Waals surface area contributed by atoms with Gasteiger partial charge in [-0.1, -0.05) is 48.0 Å². The second kappa shape index (κ2) is 9.41. The summed E-state index contributed by atoms with van der Waals surface area (Å²) in [4.78, 5) is 24.4. The second-order valence-electron chi connectivity index (χ2n) is 7.36. The predicted octanol–water partition coefficient (Wildman–Crippen LogP) is 4.04. The average molecular weight is 393 g/mol. The fourth-order valence-electron chi connectivity index (χ4n) is 3.96. The van der Waals surface area contributed by atoms with Crippen molar-refractivity contribution in [3.8, 4) is 5.75 Å². The lowest BCUT2D eigenvalue weighted by atomic mass is 9.68. The minimum atomic E-state index is -0.309. The molecular weight excluding hydrogens is 366 g/mol. The van der Waals surface area contributed by atoms with Crippen molar-refractivity contribution in [2.75, 3.05) is 20.8 Å². The van der Waals surface area contributed by atoms with Crippen LogP contribution < -0.4 is 10.1 Å². The van der Waals surface area contributed by atoms with Crippen molar-refractivity contribution in [2.45, 2.75) is 31.1 Å². The number of hydrogen-bond acceptors (Lipinski definition) is 4. The van der Waals surface area contributed by atoms with Gasteiger partial charge in [0.15, 0.2) is 0 Å². The van der Waals surface area contributed by atoms with Crippen molar-refractivity contribution in [2.24, 2.45) is 0 Å². The number of nitrogens with one attached hydrogen (secondary N) is 1. The summed E-state index contributed by atoms with van der Waals surface area (Å²) in [5.41, 5.74) is 2.66. The summed E-state index contributed by atoms with van der Waals surface area (Å²) in [5, 5.41) is 3.12. The SMILES string of the molecule is COC(=O)C=C1CCC(CNC(=O)c2ccccc2OC)(c2ccccc2)CC1. The van der Waals surface area contributed by atoms with E-state index in [0.29, 0.717) is 17.9 Å². The fourth-order valence-corrected chi connectivity index (χ4v) is 3.96. The summed E-state index contributed by atoms with van der Waals surface area (Å²) in [5.74, 6) is 0.107. The van der Waals surface area contributed by atoms with Gasteiger partial charge in [-0.3, -0.25) is 4.79 Å². The Hall–Kier alpha value is -3.08. The van der Waals surface area contributed by atoms with Crippen molar-refractivity contribution >= 4 is 11.9 Å². The fraction of sp³-hybridized carbons (Fsp3) is 0.333. The zero-order chi connectivity index (χ0) is 20.7. The van der Waals surface area contributed by atoms with E-state index in [4.69, 9.17) is 9.47 Å². The van der Waals surface area contributed by atoms with E-state index in [1.807, 2.05) is 30.3 Å². The Morgan fingerprint density at radius 1 is 1.00 bits per heavy atom. The number of esters is 1. The third-order valence-electron chi connectivity index (χ3n) is 5.70. The molecule has 0 aliphatic heterocycles. The molecule has 1 N–H and O–H groups in total. The first kappa shape index (κ1) is 20.6. The summed E-state index contributed by atoms with van der Waals surface area (Å²) in [6.07, 6.45) is 4.91. The zero-order valence-corrected chi connectivity index (χ0v) is 16.9. The van der Waals surface area contributed by atoms with Gasteiger partial charge in [-0.2, -0.15) is 0 Å². The van der Waals surface area contributed by atoms with Crippen LogP contribution in [-0.4, -0.2) is 32.6 Å². The van der Waals surface area contributed by atoms with Crippen LogP contribution in [0.1, 0.15) is 41.6 Å². The highest BCUT2D eigenvalue weighted by molar-refractivity contribution is 5.97. The Bertz CT molecular complexity index is 879. The summed E-state index contributed by atoms with van der Waals surface area (Å²) in [6.45, 7) is 0.527. The topological polar surface area (TPSA) is 64.6 Å². The van der Waals surface area contributed by atoms with Gasteiger partial charge in [-0.25, -0.2) is 4.79 Å². The zero-order valence-electron chi connectivity index (χ0n) is 16.9. The van der Waals surface area contributed by atoms with E-state index in [2.05, 4.69) is 17.4 Å². The van der Waals surface area contributed by atoms with Gasteiger partial charge in [0.25, 0.3) is 5.91 Å². The molecule has 2 aromatic rings. The van der Waals surface area contributed by atoms with E-state index in [0.717, 1.165) is 31.3 Å². The van der Waals surface area contributed by atoms with Crippen LogP contribution in [0.4, 0.5) is 0 Å². The molecule has 0 unspecified atom stereocenters. The number of amides is 1. The molecule has 1 aliphatic rings. The molecule has 5 heteroatoms. The van der Waals surface area contributed by atoms with Gasteiger partial charge in [0.05, 0.1) is 19.8 Å². The Morgan fingerprint density at radius 3 is 2.31 bits per heavy atom. The van der Waals surface area contributed by atoms with Crippen molar-refractivity contribution in [3.05, 3.63) is 77.4 Å². The standard InChI is InChI=1S/C24H27NO4/c1-28-21-11-7-6-10-20(21)23(27)25-17-24(19-8-4-3-5-9-19)14-12-18(13-15-24)16-22(26)29-2/h3-11,16H,12-15,17H2,1-2H3,(H,25,27). The molecular formula is C24H27NO4. The number of ether oxygens (including phenoxy) is 2. The first-order valence-corrected chi connectivity index (χ1v) is 9.82. The molecule has 0 saturated heterocycles. The number of carbonyl (C=O) groups is 2. The molecule has 0 radical (unpaired) electrons. The molecule has 0 bridgehead atoms. The molecule has 1 aliphatic carbocycles. The number of para-hydroxylation sites is 1. The first-order valence-electron chi connectivity index (χ1n) is 9.82. The number of hydrogen-bond donors (Lipinski definition) is 1. The highest BCUT2D eigenvalue weighted by Gasteiger charge is 2.36. The average Bonchev–Trinajstić information content (AvgIpc) is 2.79. The van der Waals surface area contributed by atoms with Gasteiger partial charge in [0.2, 0.25) is 0 Å². The second-order valence-corrected chi connectivity index (χ2v) is 7.36. The van der Waals surface area contributed by atoms with E-state index < -0.39 is 0 Å². The molecule has 0 heterocycles. The van der Waals surface area contributed by atoms with Crippen LogP contribution in [0.3, 0.4) is 0 Å². The molecule has 0 aromatic heterocycles. The molecule has 5 nitrogen and oxygen atoms in total. The van der Waals surface area contributed by atoms with E-state index >= 15 is 0 Å². The van der Waals surface area contributed by atoms with Gasteiger partial charge >= 0.3 is 5.97 Å². The quantitative estimate of drug-likeness (QED) is 0.594. The monoisotopic (exact) mass is 393 g/mol. The van der Waals surface area contributed by atoms with Gasteiger partial charge < -0.3 is 14.8 Å². The predicted molar refractivity (Wildman–Crippen MR) is 112 cm³/mol. The third-order valence-corrected chi connectivity index (χ3v) is 5.70. The molecule has 1 amide bonds. The smallest absolute Gasteiger partial charge is 0.330 e. The molecule has 29 heavy (non-hydrogen) atoms. The highest BCUT2D eigenvalue weighted by atomic mass is 16.5. The van der Waals surface area contributed by atoms with Crippen LogP contribution in [0.5, 0.6) is 5.75 Å². The summed E-state index contributed by atoms with van der Waals surface area (Å²) >= 11 is 0. The van der Waals surface area contributed by atoms with E-state index in [9.17, 15) is 9.59 Å². The Kier molecular flexibility index (Phi) is 6.70. The van der Waals surface area contributed by atoms with Crippen molar-refractivity contribution < 1.29 is 19.1 Å². The summed E-state index contributed by atoms with van der Waals surface area (Å²) < 4.78 is 10.1. The Balaban J connectivity index is 1.78. The maximum absolute atomic E-state index is 12.8. The Labute approximate surface area is 171 Å². The molecule has 152 valence electrons. The number of rotatable bonds is 6.